The highest BCUT2D eigenvalue weighted by molar-refractivity contribution is 6.05. The molecule has 0 aliphatic heterocycles. The van der Waals surface area contributed by atoms with Crippen LogP contribution in [0.25, 0.3) is 21.8 Å². The summed E-state index contributed by atoms with van der Waals surface area (Å²) in [7, 11) is 0. The van der Waals surface area contributed by atoms with Gasteiger partial charge in [-0.05, 0) is 30.0 Å². The number of amides is 1. The van der Waals surface area contributed by atoms with Crippen molar-refractivity contribution in [3.05, 3.63) is 60.3 Å². The average Bonchev–Trinajstić information content (AvgIpc) is 3.10. The van der Waals surface area contributed by atoms with Crippen molar-refractivity contribution in [2.45, 2.75) is 6.42 Å². The normalized spacial score (nSPS) is 11.0. The van der Waals surface area contributed by atoms with Crippen LogP contribution >= 0.6 is 0 Å². The van der Waals surface area contributed by atoms with Gasteiger partial charge in [0.25, 0.3) is 5.91 Å². The van der Waals surface area contributed by atoms with E-state index >= 15 is 0 Å². The van der Waals surface area contributed by atoms with Gasteiger partial charge in [0, 0.05) is 24.7 Å². The molecule has 2 aromatic carbocycles. The second-order valence-corrected chi connectivity index (χ2v) is 6.16. The summed E-state index contributed by atoms with van der Waals surface area (Å²) in [6.45, 7) is 0.460. The molecule has 4 aromatic rings. The van der Waals surface area contributed by atoms with E-state index in [4.69, 9.17) is 5.11 Å². The van der Waals surface area contributed by atoms with Crippen LogP contribution in [0.5, 0.6) is 0 Å². The van der Waals surface area contributed by atoms with Crippen molar-refractivity contribution < 1.29 is 9.90 Å². The van der Waals surface area contributed by atoms with E-state index in [1.165, 1.54) is 0 Å². The quantitative estimate of drug-likeness (QED) is 0.395. The number of rotatable bonds is 6. The first-order valence-corrected chi connectivity index (χ1v) is 8.74. The Labute approximate surface area is 155 Å². The van der Waals surface area contributed by atoms with Gasteiger partial charge in [-0.1, -0.05) is 30.3 Å². The molecule has 4 N–H and O–H groups in total. The molecule has 1 amide bonds. The zero-order valence-electron chi connectivity index (χ0n) is 14.6. The number of aromatic amines is 1. The smallest absolute Gasteiger partial charge is 0.253 e. The minimum absolute atomic E-state index is 0.0414. The van der Waals surface area contributed by atoms with Crippen LogP contribution < -0.4 is 10.6 Å². The predicted octanol–water partition coefficient (Wildman–Crippen LogP) is 2.97. The molecule has 4 rings (SSSR count). The van der Waals surface area contributed by atoms with E-state index in [1.54, 1.807) is 18.3 Å². The summed E-state index contributed by atoms with van der Waals surface area (Å²) in [6, 6.07) is 15.3. The zero-order valence-corrected chi connectivity index (χ0v) is 14.6. The summed E-state index contributed by atoms with van der Waals surface area (Å²) in [5, 5.41) is 16.9. The van der Waals surface area contributed by atoms with E-state index in [2.05, 4.69) is 25.6 Å². The molecule has 0 atom stereocenters. The van der Waals surface area contributed by atoms with Gasteiger partial charge in [-0.25, -0.2) is 9.97 Å². The number of hydrogen-bond acceptors (Lipinski definition) is 5. The number of anilines is 2. The fourth-order valence-corrected chi connectivity index (χ4v) is 2.92. The van der Waals surface area contributed by atoms with Crippen LogP contribution in [-0.4, -0.2) is 39.1 Å². The molecule has 0 spiro atoms. The van der Waals surface area contributed by atoms with Gasteiger partial charge in [0.15, 0.2) is 0 Å². The number of aliphatic hydroxyl groups excluding tert-OH is 1. The highest BCUT2D eigenvalue weighted by Crippen LogP contribution is 2.22. The third-order valence-corrected chi connectivity index (χ3v) is 4.26. The van der Waals surface area contributed by atoms with E-state index in [0.717, 1.165) is 16.3 Å². The Bertz CT molecular complexity index is 1110. The fourth-order valence-electron chi connectivity index (χ4n) is 2.92. The maximum absolute atomic E-state index is 12.4. The van der Waals surface area contributed by atoms with Crippen molar-refractivity contribution in [2.24, 2.45) is 0 Å². The minimum atomic E-state index is -0.212. The SMILES string of the molecule is O=C(NCCCO)c1cccc2[nH]c(Nc3cc4ccccc4cn3)nc12. The highest BCUT2D eigenvalue weighted by atomic mass is 16.3. The van der Waals surface area contributed by atoms with Gasteiger partial charge >= 0.3 is 0 Å². The lowest BCUT2D eigenvalue weighted by Gasteiger charge is -2.04. The van der Waals surface area contributed by atoms with Crippen molar-refractivity contribution >= 4 is 39.5 Å². The maximum atomic E-state index is 12.4. The number of hydrogen-bond donors (Lipinski definition) is 4. The van der Waals surface area contributed by atoms with E-state index in [9.17, 15) is 4.79 Å². The molecule has 136 valence electrons. The van der Waals surface area contributed by atoms with Crippen molar-refractivity contribution in [3.8, 4) is 0 Å². The van der Waals surface area contributed by atoms with E-state index in [-0.39, 0.29) is 12.5 Å². The topological polar surface area (TPSA) is 103 Å². The number of H-pyrrole nitrogens is 1. The molecule has 0 saturated heterocycles. The van der Waals surface area contributed by atoms with Crippen LogP contribution in [0.4, 0.5) is 11.8 Å². The summed E-state index contributed by atoms with van der Waals surface area (Å²) in [5.41, 5.74) is 1.83. The summed E-state index contributed by atoms with van der Waals surface area (Å²) < 4.78 is 0. The molecule has 0 aliphatic rings. The minimum Gasteiger partial charge on any atom is -0.396 e. The molecule has 0 bridgehead atoms. The summed E-state index contributed by atoms with van der Waals surface area (Å²) in [6.07, 6.45) is 2.32. The van der Waals surface area contributed by atoms with Crippen LogP contribution in [0.15, 0.2) is 54.7 Å². The summed E-state index contributed by atoms with van der Waals surface area (Å²) in [5.74, 6) is 0.973. The molecular weight excluding hydrogens is 342 g/mol. The number of aliphatic hydroxyl groups is 1. The van der Waals surface area contributed by atoms with E-state index in [0.29, 0.717) is 35.8 Å². The summed E-state index contributed by atoms with van der Waals surface area (Å²) >= 11 is 0. The predicted molar refractivity (Wildman–Crippen MR) is 105 cm³/mol. The third kappa shape index (κ3) is 3.58. The molecule has 0 fully saturated rings. The number of pyridine rings is 1. The number of benzene rings is 2. The summed E-state index contributed by atoms with van der Waals surface area (Å²) in [4.78, 5) is 24.5. The molecular formula is C20H19N5O2. The molecule has 0 unspecified atom stereocenters. The third-order valence-electron chi connectivity index (χ3n) is 4.26. The first-order chi connectivity index (χ1) is 13.2. The lowest BCUT2D eigenvalue weighted by molar-refractivity contribution is 0.0952. The second-order valence-electron chi connectivity index (χ2n) is 6.16. The van der Waals surface area contributed by atoms with Crippen LogP contribution in [0.2, 0.25) is 0 Å². The zero-order chi connectivity index (χ0) is 18.6. The van der Waals surface area contributed by atoms with Crippen molar-refractivity contribution in [1.82, 2.24) is 20.3 Å². The number of nitrogens with one attached hydrogen (secondary N) is 3. The van der Waals surface area contributed by atoms with Crippen molar-refractivity contribution in [3.63, 3.8) is 0 Å². The lowest BCUT2D eigenvalue weighted by atomic mass is 10.1. The Hall–Kier alpha value is -3.45. The first-order valence-electron chi connectivity index (χ1n) is 8.74. The van der Waals surface area contributed by atoms with Gasteiger partial charge in [-0.3, -0.25) is 4.79 Å². The molecule has 27 heavy (non-hydrogen) atoms. The molecule has 0 aliphatic carbocycles. The first kappa shape index (κ1) is 17.0. The van der Waals surface area contributed by atoms with Crippen LogP contribution in [0.1, 0.15) is 16.8 Å². The number of para-hydroxylation sites is 1. The number of carbonyl (C=O) groups excluding carboxylic acids is 1. The standard InChI is InChI=1S/C20H19N5O2/c26-10-4-9-21-19(27)15-7-3-8-16-18(15)25-20(23-16)24-17-11-13-5-1-2-6-14(13)12-22-17/h1-3,5-8,11-12,26H,4,9-10H2,(H,21,27)(H2,22,23,24,25). The van der Waals surface area contributed by atoms with Crippen molar-refractivity contribution in [2.75, 3.05) is 18.5 Å². The molecule has 7 nitrogen and oxygen atoms in total. The van der Waals surface area contributed by atoms with Gasteiger partial charge in [0.1, 0.15) is 11.3 Å². The Morgan fingerprint density at radius 3 is 2.81 bits per heavy atom. The van der Waals surface area contributed by atoms with E-state index < -0.39 is 0 Å². The molecule has 7 heteroatoms. The maximum Gasteiger partial charge on any atom is 0.253 e. The van der Waals surface area contributed by atoms with Gasteiger partial charge in [0.05, 0.1) is 11.1 Å². The van der Waals surface area contributed by atoms with Crippen molar-refractivity contribution in [1.29, 1.82) is 0 Å². The molecule has 2 aromatic heterocycles. The largest absolute Gasteiger partial charge is 0.396 e. The Morgan fingerprint density at radius 1 is 1.11 bits per heavy atom. The number of aromatic nitrogens is 3. The Balaban J connectivity index is 1.61. The molecule has 0 saturated carbocycles. The Morgan fingerprint density at radius 2 is 1.96 bits per heavy atom. The van der Waals surface area contributed by atoms with Crippen LogP contribution in [-0.2, 0) is 0 Å². The van der Waals surface area contributed by atoms with Crippen LogP contribution in [0, 0.1) is 0 Å². The number of carbonyl (C=O) groups is 1. The highest BCUT2D eigenvalue weighted by Gasteiger charge is 2.13. The fraction of sp³-hybridized carbons (Fsp3) is 0.150. The second kappa shape index (κ2) is 7.43. The number of nitrogens with zero attached hydrogens (tertiary/aromatic N) is 2. The van der Waals surface area contributed by atoms with Gasteiger partial charge in [0.2, 0.25) is 5.95 Å². The Kier molecular flexibility index (Phi) is 4.67. The lowest BCUT2D eigenvalue weighted by Crippen LogP contribution is -2.25. The number of fused-ring (bicyclic) bond motifs is 2. The van der Waals surface area contributed by atoms with Gasteiger partial charge in [-0.15, -0.1) is 0 Å². The van der Waals surface area contributed by atoms with Gasteiger partial charge in [-0.2, -0.15) is 0 Å². The molecule has 2 heterocycles. The van der Waals surface area contributed by atoms with Gasteiger partial charge < -0.3 is 20.7 Å². The van der Waals surface area contributed by atoms with Crippen LogP contribution in [0.3, 0.4) is 0 Å². The van der Waals surface area contributed by atoms with E-state index in [1.807, 2.05) is 36.4 Å². The average molecular weight is 361 g/mol. The number of imidazole rings is 1. The molecule has 0 radical (unpaired) electrons. The monoisotopic (exact) mass is 361 g/mol.